The topological polar surface area (TPSA) is 46.5 Å². The van der Waals surface area contributed by atoms with Gasteiger partial charge in [-0.25, -0.2) is 0 Å². The number of aliphatic hydroxyl groups is 1. The molecule has 0 amide bonds. The highest BCUT2D eigenvalue weighted by molar-refractivity contribution is 5.66. The molecule has 3 heteroatoms. The van der Waals surface area contributed by atoms with Crippen molar-refractivity contribution in [3.8, 4) is 11.8 Å². The molecule has 0 fully saturated rings. The molecule has 1 rings (SSSR count). The van der Waals surface area contributed by atoms with E-state index >= 15 is 0 Å². The van der Waals surface area contributed by atoms with Gasteiger partial charge in [-0.3, -0.25) is 4.79 Å². The number of carbonyl (C=O) groups excluding carboxylic acids is 1. The van der Waals surface area contributed by atoms with Crippen molar-refractivity contribution in [2.45, 2.75) is 73.3 Å². The van der Waals surface area contributed by atoms with Gasteiger partial charge in [0, 0.05) is 6.92 Å². The quantitative estimate of drug-likeness (QED) is 0.446. The van der Waals surface area contributed by atoms with Crippen molar-refractivity contribution >= 4 is 5.97 Å². The maximum absolute atomic E-state index is 10.7. The molecule has 0 aromatic rings. The van der Waals surface area contributed by atoms with Crippen molar-refractivity contribution in [1.82, 2.24) is 0 Å². The molecule has 0 saturated heterocycles. The molecule has 0 aromatic carbocycles. The molecule has 0 aliphatic heterocycles. The predicted molar refractivity (Wildman–Crippen MR) is 103 cm³/mol. The number of aliphatic hydroxyl groups excluding tert-OH is 1. The van der Waals surface area contributed by atoms with E-state index in [0.29, 0.717) is 5.57 Å². The summed E-state index contributed by atoms with van der Waals surface area (Å²) in [4.78, 5) is 10.7. The van der Waals surface area contributed by atoms with Gasteiger partial charge in [0.2, 0.25) is 0 Å². The van der Waals surface area contributed by atoms with Crippen LogP contribution in [0.15, 0.2) is 34.4 Å². The highest BCUT2D eigenvalue weighted by Crippen LogP contribution is 2.41. The highest BCUT2D eigenvalue weighted by atomic mass is 16.5. The van der Waals surface area contributed by atoms with Crippen LogP contribution in [-0.4, -0.2) is 23.8 Å². The molecule has 1 aliphatic carbocycles. The molecule has 0 saturated carbocycles. The number of carbonyl (C=O) groups is 1. The van der Waals surface area contributed by atoms with E-state index in [0.717, 1.165) is 12.0 Å². The van der Waals surface area contributed by atoms with Gasteiger partial charge >= 0.3 is 5.97 Å². The number of rotatable bonds is 5. The zero-order chi connectivity index (χ0) is 19.0. The smallest absolute Gasteiger partial charge is 0.302 e. The summed E-state index contributed by atoms with van der Waals surface area (Å²) in [5.74, 6) is 5.55. The second-order valence-electron chi connectivity index (χ2n) is 7.51. The molecule has 25 heavy (non-hydrogen) atoms. The van der Waals surface area contributed by atoms with Crippen LogP contribution in [0.4, 0.5) is 0 Å². The SMILES string of the molecule is CC(=O)OC/C=C(\C)C(O)C#C/C(C)=C/CC1=C(C)CCCC1(C)C. The van der Waals surface area contributed by atoms with Crippen LogP contribution in [0.5, 0.6) is 0 Å². The van der Waals surface area contributed by atoms with E-state index in [-0.39, 0.29) is 18.0 Å². The number of ether oxygens (including phenoxy) is 1. The van der Waals surface area contributed by atoms with E-state index in [1.165, 1.54) is 37.3 Å². The second-order valence-corrected chi connectivity index (χ2v) is 7.51. The van der Waals surface area contributed by atoms with Crippen molar-refractivity contribution in [3.63, 3.8) is 0 Å². The lowest BCUT2D eigenvalue weighted by molar-refractivity contribution is -0.139. The van der Waals surface area contributed by atoms with E-state index < -0.39 is 6.10 Å². The number of hydrogen-bond acceptors (Lipinski definition) is 3. The molecule has 1 aliphatic rings. The average Bonchev–Trinajstić information content (AvgIpc) is 2.50. The molecule has 138 valence electrons. The Morgan fingerprint density at radius 1 is 1.32 bits per heavy atom. The van der Waals surface area contributed by atoms with Crippen LogP contribution in [0.1, 0.15) is 67.2 Å². The third-order valence-electron chi connectivity index (χ3n) is 4.83. The van der Waals surface area contributed by atoms with Crippen LogP contribution in [0.3, 0.4) is 0 Å². The van der Waals surface area contributed by atoms with Crippen LogP contribution in [-0.2, 0) is 9.53 Å². The predicted octanol–water partition coefficient (Wildman–Crippen LogP) is 4.72. The minimum absolute atomic E-state index is 0.164. The van der Waals surface area contributed by atoms with Crippen LogP contribution in [0.2, 0.25) is 0 Å². The Bertz CT molecular complexity index is 636. The molecule has 1 unspecified atom stereocenters. The lowest BCUT2D eigenvalue weighted by Gasteiger charge is -2.34. The summed E-state index contributed by atoms with van der Waals surface area (Å²) < 4.78 is 4.83. The number of hydrogen-bond donors (Lipinski definition) is 1. The molecule has 1 N–H and O–H groups in total. The Balaban J connectivity index is 2.69. The molecule has 0 spiro atoms. The standard InChI is InChI=1S/C22H32O3/c1-16(9-11-20-17(2)8-7-14-22(20,5)6)10-12-21(24)18(3)13-15-25-19(4)23/h9,13,21,24H,7-8,11,14-15H2,1-6H3/b16-9+,18-13+. The molecule has 0 bridgehead atoms. The number of allylic oxidation sites excluding steroid dienone is 4. The minimum Gasteiger partial charge on any atom is -0.462 e. The van der Waals surface area contributed by atoms with Gasteiger partial charge in [0.1, 0.15) is 12.7 Å². The van der Waals surface area contributed by atoms with Crippen LogP contribution >= 0.6 is 0 Å². The average molecular weight is 344 g/mol. The van der Waals surface area contributed by atoms with Crippen molar-refractivity contribution in [3.05, 3.63) is 34.4 Å². The molecule has 0 heterocycles. The van der Waals surface area contributed by atoms with E-state index in [4.69, 9.17) is 4.74 Å². The maximum Gasteiger partial charge on any atom is 0.302 e. The normalized spacial score (nSPS) is 19.2. The summed E-state index contributed by atoms with van der Waals surface area (Å²) in [5, 5.41) is 10.1. The van der Waals surface area contributed by atoms with Gasteiger partial charge in [-0.15, -0.1) is 0 Å². The second kappa shape index (κ2) is 9.63. The van der Waals surface area contributed by atoms with Crippen LogP contribution < -0.4 is 0 Å². The monoisotopic (exact) mass is 344 g/mol. The summed E-state index contributed by atoms with van der Waals surface area (Å²) in [6.45, 7) is 12.2. The zero-order valence-corrected chi connectivity index (χ0v) is 16.5. The first-order valence-electron chi connectivity index (χ1n) is 8.99. The lowest BCUT2D eigenvalue weighted by Crippen LogP contribution is -2.20. The molecular formula is C22H32O3. The fraction of sp³-hybridized carbons (Fsp3) is 0.591. The Morgan fingerprint density at radius 3 is 2.60 bits per heavy atom. The van der Waals surface area contributed by atoms with E-state index in [2.05, 4.69) is 38.7 Å². The van der Waals surface area contributed by atoms with Crippen LogP contribution in [0.25, 0.3) is 0 Å². The minimum atomic E-state index is -0.842. The van der Waals surface area contributed by atoms with Gasteiger partial charge in [-0.1, -0.05) is 42.9 Å². The maximum atomic E-state index is 10.7. The van der Waals surface area contributed by atoms with E-state index in [1.807, 2.05) is 6.92 Å². The summed E-state index contributed by atoms with van der Waals surface area (Å²) in [6.07, 6.45) is 7.63. The van der Waals surface area contributed by atoms with E-state index in [1.54, 1.807) is 13.0 Å². The zero-order valence-electron chi connectivity index (χ0n) is 16.5. The van der Waals surface area contributed by atoms with Gasteiger partial charge in [0.25, 0.3) is 0 Å². The first-order valence-corrected chi connectivity index (χ1v) is 8.99. The third kappa shape index (κ3) is 7.32. The highest BCUT2D eigenvalue weighted by Gasteiger charge is 2.27. The first kappa shape index (κ1) is 21.3. The molecule has 0 radical (unpaired) electrons. The summed E-state index contributed by atoms with van der Waals surface area (Å²) >= 11 is 0. The van der Waals surface area contributed by atoms with Crippen molar-refractivity contribution < 1.29 is 14.6 Å². The Kier molecular flexibility index (Phi) is 8.19. The van der Waals surface area contributed by atoms with Gasteiger partial charge < -0.3 is 9.84 Å². The number of esters is 1. The van der Waals surface area contributed by atoms with Crippen molar-refractivity contribution in [2.24, 2.45) is 5.41 Å². The molecule has 1 atom stereocenters. The van der Waals surface area contributed by atoms with Crippen molar-refractivity contribution in [2.75, 3.05) is 6.61 Å². The van der Waals surface area contributed by atoms with Crippen LogP contribution in [0, 0.1) is 17.3 Å². The molecular weight excluding hydrogens is 312 g/mol. The third-order valence-corrected chi connectivity index (χ3v) is 4.83. The summed E-state index contributed by atoms with van der Waals surface area (Å²) in [5.41, 5.74) is 4.96. The molecule has 3 nitrogen and oxygen atoms in total. The Hall–Kier alpha value is -1.79. The summed E-state index contributed by atoms with van der Waals surface area (Å²) in [7, 11) is 0. The van der Waals surface area contributed by atoms with Gasteiger partial charge in [0.15, 0.2) is 0 Å². The van der Waals surface area contributed by atoms with Gasteiger partial charge in [0.05, 0.1) is 0 Å². The Morgan fingerprint density at radius 2 is 2.00 bits per heavy atom. The van der Waals surface area contributed by atoms with Gasteiger partial charge in [-0.05, 0) is 69.1 Å². The largest absolute Gasteiger partial charge is 0.462 e. The first-order chi connectivity index (χ1) is 11.6. The fourth-order valence-electron chi connectivity index (χ4n) is 3.13. The fourth-order valence-corrected chi connectivity index (χ4v) is 3.13. The lowest BCUT2D eigenvalue weighted by atomic mass is 9.71. The van der Waals surface area contributed by atoms with Gasteiger partial charge in [-0.2, -0.15) is 0 Å². The van der Waals surface area contributed by atoms with Crippen molar-refractivity contribution in [1.29, 1.82) is 0 Å². The molecule has 0 aromatic heterocycles. The summed E-state index contributed by atoms with van der Waals surface area (Å²) in [6, 6.07) is 0. The Labute approximate surface area is 152 Å². The van der Waals surface area contributed by atoms with E-state index in [9.17, 15) is 9.90 Å².